The number of aryl methyl sites for hydroxylation is 1. The van der Waals surface area contributed by atoms with Crippen LogP contribution in [-0.4, -0.2) is 63.2 Å². The third-order valence-corrected chi connectivity index (χ3v) is 7.20. The molecule has 6 nitrogen and oxygen atoms in total. The number of nitrogens with one attached hydrogen (secondary N) is 1. The molecule has 0 unspecified atom stereocenters. The first-order chi connectivity index (χ1) is 15.9. The molecular formula is C25H26ClFN4O2. The number of halogens is 2. The van der Waals surface area contributed by atoms with Crippen LogP contribution in [0.4, 0.5) is 4.39 Å². The monoisotopic (exact) mass is 468 g/mol. The van der Waals surface area contributed by atoms with Gasteiger partial charge in [-0.3, -0.25) is 14.8 Å². The molecule has 1 aromatic heterocycles. The number of carbonyl (C=O) groups excluding carboxylic acids is 1. The fraction of sp³-hybridized carbons (Fsp3) is 0.360. The van der Waals surface area contributed by atoms with Gasteiger partial charge in [0.05, 0.1) is 11.3 Å². The third-order valence-electron chi connectivity index (χ3n) is 6.94. The summed E-state index contributed by atoms with van der Waals surface area (Å²) in [5.74, 6) is -0.846. The van der Waals surface area contributed by atoms with Crippen molar-refractivity contribution in [1.29, 1.82) is 0 Å². The van der Waals surface area contributed by atoms with E-state index in [1.54, 1.807) is 35.4 Å². The van der Waals surface area contributed by atoms with Crippen LogP contribution < -0.4 is 0 Å². The van der Waals surface area contributed by atoms with E-state index < -0.39 is 11.4 Å². The summed E-state index contributed by atoms with van der Waals surface area (Å²) in [5.41, 5.74) is 1.65. The number of aromatic nitrogens is 2. The molecule has 0 bridgehead atoms. The van der Waals surface area contributed by atoms with Crippen molar-refractivity contribution >= 4 is 17.5 Å². The molecule has 33 heavy (non-hydrogen) atoms. The molecule has 0 radical (unpaired) electrons. The summed E-state index contributed by atoms with van der Waals surface area (Å²) in [6, 6.07) is 12.4. The van der Waals surface area contributed by atoms with E-state index in [1.807, 2.05) is 19.1 Å². The zero-order chi connectivity index (χ0) is 23.2. The van der Waals surface area contributed by atoms with E-state index in [0.717, 1.165) is 17.5 Å². The van der Waals surface area contributed by atoms with E-state index in [9.17, 15) is 9.90 Å². The molecular weight excluding hydrogens is 443 g/mol. The summed E-state index contributed by atoms with van der Waals surface area (Å²) >= 11 is 6.00. The van der Waals surface area contributed by atoms with E-state index in [2.05, 4.69) is 15.1 Å². The molecule has 0 aliphatic carbocycles. The third kappa shape index (κ3) is 4.05. The van der Waals surface area contributed by atoms with Gasteiger partial charge in [-0.05, 0) is 55.2 Å². The van der Waals surface area contributed by atoms with Gasteiger partial charge in [0, 0.05) is 49.0 Å². The molecule has 2 saturated heterocycles. The predicted octanol–water partition coefficient (Wildman–Crippen LogP) is 3.99. The first-order valence-electron chi connectivity index (χ1n) is 11.2. The molecule has 2 aromatic carbocycles. The van der Waals surface area contributed by atoms with Crippen LogP contribution in [0, 0.1) is 12.7 Å². The standard InChI is InChI=1S/C25H26ClFN4O2/c1-16-13-28-29-23(16)20-3-2-4-21(22(20)27)24(32)30-11-12-31-15-25(33,10-9-19(31)14-30)17-5-7-18(26)8-6-17/h2-8,13,19,33H,9-12,14-15H2,1H3,(H,28,29)/t19-,25-/m1/s1. The average Bonchev–Trinajstić information content (AvgIpc) is 3.24. The van der Waals surface area contributed by atoms with E-state index in [-0.39, 0.29) is 17.5 Å². The summed E-state index contributed by atoms with van der Waals surface area (Å²) in [7, 11) is 0. The number of piperazine rings is 1. The van der Waals surface area contributed by atoms with Gasteiger partial charge in [-0.15, -0.1) is 0 Å². The fourth-order valence-corrected chi connectivity index (χ4v) is 5.17. The molecule has 0 saturated carbocycles. The molecule has 3 aromatic rings. The van der Waals surface area contributed by atoms with Crippen LogP contribution in [0.15, 0.2) is 48.7 Å². The number of hydrogen-bond donors (Lipinski definition) is 2. The van der Waals surface area contributed by atoms with E-state index in [0.29, 0.717) is 48.9 Å². The maximum Gasteiger partial charge on any atom is 0.256 e. The minimum atomic E-state index is -0.935. The number of rotatable bonds is 3. The molecule has 2 fully saturated rings. The topological polar surface area (TPSA) is 72.5 Å². The number of amides is 1. The normalized spacial score (nSPS) is 23.4. The van der Waals surface area contributed by atoms with Crippen LogP contribution in [0.5, 0.6) is 0 Å². The smallest absolute Gasteiger partial charge is 0.256 e. The molecule has 1 amide bonds. The van der Waals surface area contributed by atoms with Crippen molar-refractivity contribution in [3.8, 4) is 11.3 Å². The highest BCUT2D eigenvalue weighted by Crippen LogP contribution is 2.36. The molecule has 0 spiro atoms. The summed E-state index contributed by atoms with van der Waals surface area (Å²) < 4.78 is 15.3. The van der Waals surface area contributed by atoms with Gasteiger partial charge in [-0.1, -0.05) is 29.8 Å². The number of nitrogens with zero attached hydrogens (tertiary/aromatic N) is 3. The maximum absolute atomic E-state index is 15.3. The first-order valence-corrected chi connectivity index (χ1v) is 11.5. The van der Waals surface area contributed by atoms with E-state index in [4.69, 9.17) is 11.6 Å². The number of aliphatic hydroxyl groups is 1. The summed E-state index contributed by atoms with van der Waals surface area (Å²) in [4.78, 5) is 17.2. The zero-order valence-electron chi connectivity index (χ0n) is 18.4. The SMILES string of the molecule is Cc1c[nH]nc1-c1cccc(C(=O)N2CCN3C[C@@](O)(c4ccc(Cl)cc4)CC[C@@H]3C2)c1F. The van der Waals surface area contributed by atoms with Gasteiger partial charge in [0.15, 0.2) is 0 Å². The number of carbonyl (C=O) groups is 1. The molecule has 2 N–H and O–H groups in total. The Bertz CT molecular complexity index is 1180. The summed E-state index contributed by atoms with van der Waals surface area (Å²) in [6.07, 6.45) is 3.05. The second-order valence-electron chi connectivity index (χ2n) is 9.04. The molecule has 8 heteroatoms. The van der Waals surface area contributed by atoms with Crippen LogP contribution in [0.3, 0.4) is 0 Å². The highest BCUT2D eigenvalue weighted by Gasteiger charge is 2.42. The Kier molecular flexibility index (Phi) is 5.72. The molecule has 2 aliphatic heterocycles. The molecule has 3 heterocycles. The van der Waals surface area contributed by atoms with Crippen LogP contribution in [0.25, 0.3) is 11.3 Å². The summed E-state index contributed by atoms with van der Waals surface area (Å²) in [6.45, 7) is 3.98. The van der Waals surface area contributed by atoms with Crippen molar-refractivity contribution in [2.45, 2.75) is 31.4 Å². The minimum absolute atomic E-state index is 0.0665. The van der Waals surface area contributed by atoms with Gasteiger partial charge in [0.25, 0.3) is 5.91 Å². The van der Waals surface area contributed by atoms with Crippen molar-refractivity contribution in [2.24, 2.45) is 0 Å². The maximum atomic E-state index is 15.3. The predicted molar refractivity (Wildman–Crippen MR) is 125 cm³/mol. The van der Waals surface area contributed by atoms with E-state index >= 15 is 4.39 Å². The average molecular weight is 469 g/mol. The number of fused-ring (bicyclic) bond motifs is 1. The first kappa shape index (κ1) is 22.1. The number of H-pyrrole nitrogens is 1. The number of aromatic amines is 1. The second kappa shape index (κ2) is 8.56. The Balaban J connectivity index is 1.31. The summed E-state index contributed by atoms with van der Waals surface area (Å²) in [5, 5.41) is 18.8. The minimum Gasteiger partial charge on any atom is -0.384 e. The number of piperidine rings is 1. The lowest BCUT2D eigenvalue weighted by Crippen LogP contribution is -2.60. The van der Waals surface area contributed by atoms with Crippen molar-refractivity contribution in [3.63, 3.8) is 0 Å². The quantitative estimate of drug-likeness (QED) is 0.609. The zero-order valence-corrected chi connectivity index (χ0v) is 19.1. The fourth-order valence-electron chi connectivity index (χ4n) is 5.05. The van der Waals surface area contributed by atoms with Crippen molar-refractivity contribution in [3.05, 3.63) is 76.2 Å². The Morgan fingerprint density at radius 2 is 2.03 bits per heavy atom. The lowest BCUT2D eigenvalue weighted by Gasteiger charge is -2.49. The highest BCUT2D eigenvalue weighted by atomic mass is 35.5. The van der Waals surface area contributed by atoms with Gasteiger partial charge in [0.1, 0.15) is 11.4 Å². The molecule has 2 atom stereocenters. The molecule has 2 aliphatic rings. The van der Waals surface area contributed by atoms with Gasteiger partial charge < -0.3 is 10.0 Å². The Hall–Kier alpha value is -2.74. The number of hydrogen-bond acceptors (Lipinski definition) is 4. The van der Waals surface area contributed by atoms with Gasteiger partial charge in [0.2, 0.25) is 0 Å². The Morgan fingerprint density at radius 1 is 1.24 bits per heavy atom. The molecule has 172 valence electrons. The van der Waals surface area contributed by atoms with Crippen molar-refractivity contribution < 1.29 is 14.3 Å². The Morgan fingerprint density at radius 3 is 2.76 bits per heavy atom. The van der Waals surface area contributed by atoms with Crippen LogP contribution in [0.1, 0.15) is 34.3 Å². The molecule has 5 rings (SSSR count). The van der Waals surface area contributed by atoms with Crippen molar-refractivity contribution in [1.82, 2.24) is 20.0 Å². The second-order valence-corrected chi connectivity index (χ2v) is 9.47. The van der Waals surface area contributed by atoms with E-state index in [1.165, 1.54) is 6.07 Å². The van der Waals surface area contributed by atoms with Gasteiger partial charge >= 0.3 is 0 Å². The lowest BCUT2D eigenvalue weighted by atomic mass is 9.82. The van der Waals surface area contributed by atoms with Crippen LogP contribution in [0.2, 0.25) is 5.02 Å². The van der Waals surface area contributed by atoms with Gasteiger partial charge in [-0.25, -0.2) is 4.39 Å². The lowest BCUT2D eigenvalue weighted by molar-refractivity contribution is -0.0740. The van der Waals surface area contributed by atoms with Crippen LogP contribution >= 0.6 is 11.6 Å². The van der Waals surface area contributed by atoms with Gasteiger partial charge in [-0.2, -0.15) is 5.10 Å². The van der Waals surface area contributed by atoms with Crippen LogP contribution in [-0.2, 0) is 5.60 Å². The number of benzene rings is 2. The Labute approximate surface area is 197 Å². The van der Waals surface area contributed by atoms with Crippen molar-refractivity contribution in [2.75, 3.05) is 26.2 Å². The largest absolute Gasteiger partial charge is 0.384 e. The highest BCUT2D eigenvalue weighted by molar-refractivity contribution is 6.30.